The molecule has 0 aromatic heterocycles. The van der Waals surface area contributed by atoms with Gasteiger partial charge in [-0.05, 0) is 45.0 Å². The Morgan fingerprint density at radius 1 is 1.29 bits per heavy atom. The second kappa shape index (κ2) is 6.13. The highest BCUT2D eigenvalue weighted by molar-refractivity contribution is 5.74. The molecule has 1 atom stereocenters. The highest BCUT2D eigenvalue weighted by Crippen LogP contribution is 2.17. The lowest BCUT2D eigenvalue weighted by Crippen LogP contribution is -2.23. The van der Waals surface area contributed by atoms with Crippen LogP contribution in [-0.2, 0) is 4.79 Å². The van der Waals surface area contributed by atoms with Crippen LogP contribution in [0.4, 0.5) is 5.69 Å². The van der Waals surface area contributed by atoms with Crippen LogP contribution in [0.2, 0.25) is 0 Å². The van der Waals surface area contributed by atoms with Crippen molar-refractivity contribution in [2.45, 2.75) is 39.3 Å². The van der Waals surface area contributed by atoms with E-state index in [-0.39, 0.29) is 18.1 Å². The van der Waals surface area contributed by atoms with E-state index in [2.05, 4.69) is 5.32 Å². The fourth-order valence-corrected chi connectivity index (χ4v) is 1.54. The van der Waals surface area contributed by atoms with Crippen molar-refractivity contribution in [1.82, 2.24) is 0 Å². The van der Waals surface area contributed by atoms with Gasteiger partial charge in [0.1, 0.15) is 5.75 Å². The number of carbonyl (C=O) groups is 1. The van der Waals surface area contributed by atoms with Gasteiger partial charge in [0.2, 0.25) is 5.91 Å². The summed E-state index contributed by atoms with van der Waals surface area (Å²) in [6.45, 7) is 5.89. The van der Waals surface area contributed by atoms with Crippen molar-refractivity contribution >= 4 is 11.6 Å². The second-order valence-electron chi connectivity index (χ2n) is 4.41. The molecular formula is C13H20N2O2. The van der Waals surface area contributed by atoms with Gasteiger partial charge in [-0.15, -0.1) is 0 Å². The van der Waals surface area contributed by atoms with Crippen molar-refractivity contribution in [3.8, 4) is 5.75 Å². The fourth-order valence-electron chi connectivity index (χ4n) is 1.54. The average molecular weight is 236 g/mol. The summed E-state index contributed by atoms with van der Waals surface area (Å²) in [4.78, 5) is 10.7. The van der Waals surface area contributed by atoms with Crippen molar-refractivity contribution in [2.75, 3.05) is 5.32 Å². The molecule has 1 aromatic carbocycles. The maximum atomic E-state index is 10.7. The zero-order chi connectivity index (χ0) is 12.8. The van der Waals surface area contributed by atoms with Gasteiger partial charge >= 0.3 is 0 Å². The number of amides is 1. The zero-order valence-corrected chi connectivity index (χ0v) is 10.6. The van der Waals surface area contributed by atoms with Gasteiger partial charge in [0.15, 0.2) is 0 Å². The molecule has 1 aromatic rings. The summed E-state index contributed by atoms with van der Waals surface area (Å²) in [5.41, 5.74) is 6.08. The summed E-state index contributed by atoms with van der Waals surface area (Å²) in [5, 5.41) is 3.20. The molecule has 3 N–H and O–H groups in total. The van der Waals surface area contributed by atoms with Crippen LogP contribution in [0.1, 0.15) is 27.2 Å². The van der Waals surface area contributed by atoms with Gasteiger partial charge in [-0.25, -0.2) is 0 Å². The molecule has 0 saturated heterocycles. The van der Waals surface area contributed by atoms with Crippen molar-refractivity contribution in [3.05, 3.63) is 24.3 Å². The molecular weight excluding hydrogens is 216 g/mol. The molecule has 0 bridgehead atoms. The van der Waals surface area contributed by atoms with Crippen molar-refractivity contribution in [3.63, 3.8) is 0 Å². The Bertz CT molecular complexity index is 360. The Kier molecular flexibility index (Phi) is 4.82. The SMILES string of the molecule is CC(CC(N)=O)Nc1ccc(OC(C)C)cc1. The van der Waals surface area contributed by atoms with Crippen LogP contribution in [-0.4, -0.2) is 18.1 Å². The van der Waals surface area contributed by atoms with E-state index in [1.165, 1.54) is 0 Å². The largest absolute Gasteiger partial charge is 0.491 e. The molecule has 0 heterocycles. The van der Waals surface area contributed by atoms with Gasteiger partial charge in [-0.3, -0.25) is 4.79 Å². The highest BCUT2D eigenvalue weighted by Gasteiger charge is 2.05. The van der Waals surface area contributed by atoms with E-state index in [1.807, 2.05) is 45.0 Å². The molecule has 0 aliphatic carbocycles. The molecule has 94 valence electrons. The van der Waals surface area contributed by atoms with E-state index in [1.54, 1.807) is 0 Å². The van der Waals surface area contributed by atoms with E-state index in [4.69, 9.17) is 10.5 Å². The molecule has 0 aliphatic rings. The normalized spacial score (nSPS) is 12.2. The quantitative estimate of drug-likeness (QED) is 0.795. The fraction of sp³-hybridized carbons (Fsp3) is 0.462. The monoisotopic (exact) mass is 236 g/mol. The Balaban J connectivity index is 2.53. The third-order valence-electron chi connectivity index (χ3n) is 2.15. The Hall–Kier alpha value is -1.71. The van der Waals surface area contributed by atoms with E-state index in [0.29, 0.717) is 6.42 Å². The molecule has 4 nitrogen and oxygen atoms in total. The maximum absolute atomic E-state index is 10.7. The average Bonchev–Trinajstić information content (AvgIpc) is 2.18. The Labute approximate surface area is 102 Å². The van der Waals surface area contributed by atoms with Crippen molar-refractivity contribution < 1.29 is 9.53 Å². The third-order valence-corrected chi connectivity index (χ3v) is 2.15. The minimum absolute atomic E-state index is 0.0318. The van der Waals surface area contributed by atoms with Crippen LogP contribution in [0.5, 0.6) is 5.75 Å². The molecule has 1 unspecified atom stereocenters. The van der Waals surface area contributed by atoms with Crippen molar-refractivity contribution in [2.24, 2.45) is 5.73 Å². The van der Waals surface area contributed by atoms with E-state index >= 15 is 0 Å². The summed E-state index contributed by atoms with van der Waals surface area (Å²) in [7, 11) is 0. The van der Waals surface area contributed by atoms with Gasteiger partial charge in [0.25, 0.3) is 0 Å². The molecule has 0 aliphatic heterocycles. The summed E-state index contributed by atoms with van der Waals surface area (Å²) in [6.07, 6.45) is 0.493. The summed E-state index contributed by atoms with van der Waals surface area (Å²) >= 11 is 0. The van der Waals surface area contributed by atoms with Crippen LogP contribution < -0.4 is 15.8 Å². The van der Waals surface area contributed by atoms with Crippen LogP contribution in [0.15, 0.2) is 24.3 Å². The summed E-state index contributed by atoms with van der Waals surface area (Å²) < 4.78 is 5.54. The number of hydrogen-bond acceptors (Lipinski definition) is 3. The molecule has 4 heteroatoms. The summed E-state index contributed by atoms with van der Waals surface area (Å²) in [5.74, 6) is 0.540. The lowest BCUT2D eigenvalue weighted by Gasteiger charge is -2.14. The molecule has 0 saturated carbocycles. The van der Waals surface area contributed by atoms with Gasteiger partial charge in [0, 0.05) is 18.2 Å². The third kappa shape index (κ3) is 5.24. The predicted octanol–water partition coefficient (Wildman–Crippen LogP) is 2.15. The molecule has 1 rings (SSSR count). The highest BCUT2D eigenvalue weighted by atomic mass is 16.5. The smallest absolute Gasteiger partial charge is 0.219 e. The van der Waals surface area contributed by atoms with Crippen LogP contribution in [0.25, 0.3) is 0 Å². The molecule has 17 heavy (non-hydrogen) atoms. The maximum Gasteiger partial charge on any atom is 0.219 e. The Morgan fingerprint density at radius 3 is 2.35 bits per heavy atom. The number of benzene rings is 1. The van der Waals surface area contributed by atoms with Gasteiger partial charge in [-0.1, -0.05) is 0 Å². The number of carbonyl (C=O) groups excluding carboxylic acids is 1. The number of primary amides is 1. The van der Waals surface area contributed by atoms with Gasteiger partial charge in [-0.2, -0.15) is 0 Å². The summed E-state index contributed by atoms with van der Waals surface area (Å²) in [6, 6.07) is 7.69. The van der Waals surface area contributed by atoms with E-state index in [9.17, 15) is 4.79 Å². The number of ether oxygens (including phenoxy) is 1. The minimum Gasteiger partial charge on any atom is -0.491 e. The van der Waals surface area contributed by atoms with E-state index < -0.39 is 0 Å². The van der Waals surface area contributed by atoms with Crippen LogP contribution >= 0.6 is 0 Å². The van der Waals surface area contributed by atoms with Crippen LogP contribution in [0, 0.1) is 0 Å². The lowest BCUT2D eigenvalue weighted by atomic mass is 10.2. The zero-order valence-electron chi connectivity index (χ0n) is 10.6. The first kappa shape index (κ1) is 13.4. The lowest BCUT2D eigenvalue weighted by molar-refractivity contribution is -0.118. The molecule has 0 radical (unpaired) electrons. The first-order valence-corrected chi connectivity index (χ1v) is 5.79. The first-order valence-electron chi connectivity index (χ1n) is 5.79. The topological polar surface area (TPSA) is 64.4 Å². The Morgan fingerprint density at radius 2 is 1.88 bits per heavy atom. The number of nitrogens with one attached hydrogen (secondary N) is 1. The number of nitrogens with two attached hydrogens (primary N) is 1. The second-order valence-corrected chi connectivity index (χ2v) is 4.41. The van der Waals surface area contributed by atoms with Gasteiger partial charge < -0.3 is 15.8 Å². The minimum atomic E-state index is -0.301. The van der Waals surface area contributed by atoms with Gasteiger partial charge in [0.05, 0.1) is 6.10 Å². The number of anilines is 1. The standard InChI is InChI=1S/C13H20N2O2/c1-9(2)17-12-6-4-11(5-7-12)15-10(3)8-13(14)16/h4-7,9-10,15H,8H2,1-3H3,(H2,14,16). The molecule has 0 spiro atoms. The molecule has 0 fully saturated rings. The van der Waals surface area contributed by atoms with Crippen LogP contribution in [0.3, 0.4) is 0 Å². The molecule has 1 amide bonds. The number of rotatable bonds is 6. The van der Waals surface area contributed by atoms with E-state index in [0.717, 1.165) is 11.4 Å². The van der Waals surface area contributed by atoms with Crippen molar-refractivity contribution in [1.29, 1.82) is 0 Å². The first-order chi connectivity index (χ1) is 7.97. The predicted molar refractivity (Wildman–Crippen MR) is 69.1 cm³/mol. The number of hydrogen-bond donors (Lipinski definition) is 2.